The molecule has 2 rings (SSSR count). The monoisotopic (exact) mass is 525 g/mol. The molecule has 3 nitrogen and oxygen atoms in total. The zero-order chi connectivity index (χ0) is 26.2. The average molecular weight is 526 g/mol. The van der Waals surface area contributed by atoms with Gasteiger partial charge in [0.2, 0.25) is 0 Å². The molecule has 188 valence electrons. The SMILES string of the molecule is CC(C)[C@@H](Nc1ccc(C(F)(F)F)cc1Cl)C(=O)OCc1c(F)c(F)c(C(F)(F)F)c(F)c1F. The molecule has 0 aliphatic rings. The number of rotatable bonds is 6. The molecule has 0 aliphatic carbocycles. The first kappa shape index (κ1) is 27.5. The Morgan fingerprint density at radius 1 is 0.941 bits per heavy atom. The van der Waals surface area contributed by atoms with Crippen LogP contribution in [0.1, 0.15) is 30.5 Å². The lowest BCUT2D eigenvalue weighted by Gasteiger charge is -2.23. The van der Waals surface area contributed by atoms with Crippen molar-refractivity contribution in [3.05, 3.63) is 63.2 Å². The number of alkyl halides is 6. The van der Waals surface area contributed by atoms with Crippen molar-refractivity contribution in [1.29, 1.82) is 0 Å². The van der Waals surface area contributed by atoms with Gasteiger partial charge in [-0.05, 0) is 24.1 Å². The number of anilines is 1. The van der Waals surface area contributed by atoms with Crippen molar-refractivity contribution in [2.45, 2.75) is 38.8 Å². The standard InChI is InChI=1S/C20H14ClF10NO2/c1-7(2)17(32-11-4-3-8(5-10(11)21)19(26,27)28)18(33)34-6-9-13(22)15(24)12(20(29,30)31)16(25)14(9)23/h3-5,7,17,32H,6H2,1-2H3/t17-/m1/s1. The van der Waals surface area contributed by atoms with Gasteiger partial charge in [-0.1, -0.05) is 25.4 Å². The van der Waals surface area contributed by atoms with Crippen LogP contribution in [-0.2, 0) is 28.5 Å². The van der Waals surface area contributed by atoms with E-state index in [9.17, 15) is 48.7 Å². The molecule has 0 bridgehead atoms. The smallest absolute Gasteiger partial charge is 0.422 e. The molecule has 0 saturated carbocycles. The predicted molar refractivity (Wildman–Crippen MR) is 99.8 cm³/mol. The van der Waals surface area contributed by atoms with E-state index < -0.39 is 81.9 Å². The van der Waals surface area contributed by atoms with Crippen LogP contribution in [-0.4, -0.2) is 12.0 Å². The first-order chi connectivity index (χ1) is 15.5. The maximum atomic E-state index is 14.0. The summed E-state index contributed by atoms with van der Waals surface area (Å²) in [4.78, 5) is 12.4. The third-order valence-electron chi connectivity index (χ3n) is 4.52. The van der Waals surface area contributed by atoms with Crippen molar-refractivity contribution in [3.8, 4) is 0 Å². The predicted octanol–water partition coefficient (Wildman–Crippen LogP) is 7.11. The third-order valence-corrected chi connectivity index (χ3v) is 4.84. The summed E-state index contributed by atoms with van der Waals surface area (Å²) in [5, 5.41) is 2.05. The molecule has 14 heteroatoms. The topological polar surface area (TPSA) is 38.3 Å². The van der Waals surface area contributed by atoms with Crippen LogP contribution >= 0.6 is 11.6 Å². The number of benzene rings is 2. The first-order valence-electron chi connectivity index (χ1n) is 9.18. The van der Waals surface area contributed by atoms with Gasteiger partial charge in [0.05, 0.1) is 21.8 Å². The fourth-order valence-electron chi connectivity index (χ4n) is 2.76. The normalized spacial score (nSPS) is 13.2. The van der Waals surface area contributed by atoms with Crippen molar-refractivity contribution >= 4 is 23.3 Å². The van der Waals surface area contributed by atoms with Crippen LogP contribution < -0.4 is 5.32 Å². The Bertz CT molecular complexity index is 1050. The minimum absolute atomic E-state index is 0.144. The summed E-state index contributed by atoms with van der Waals surface area (Å²) in [5.74, 6) is -12.2. The van der Waals surface area contributed by atoms with Gasteiger partial charge in [0.15, 0.2) is 23.3 Å². The summed E-state index contributed by atoms with van der Waals surface area (Å²) in [6.45, 7) is 1.40. The first-order valence-corrected chi connectivity index (χ1v) is 9.56. The number of carbonyl (C=O) groups is 1. The van der Waals surface area contributed by atoms with Crippen LogP contribution in [0, 0.1) is 29.2 Å². The number of ether oxygens (including phenoxy) is 1. The maximum Gasteiger partial charge on any atom is 0.422 e. The molecule has 0 radical (unpaired) electrons. The highest BCUT2D eigenvalue weighted by atomic mass is 35.5. The molecule has 2 aromatic carbocycles. The molecular weight excluding hydrogens is 512 g/mol. The summed E-state index contributed by atoms with van der Waals surface area (Å²) in [6, 6.07) is 0.762. The third kappa shape index (κ3) is 5.86. The summed E-state index contributed by atoms with van der Waals surface area (Å²) in [7, 11) is 0. The number of carbonyl (C=O) groups excluding carboxylic acids is 1. The Kier molecular flexibility index (Phi) is 8.01. The Morgan fingerprint density at radius 2 is 1.47 bits per heavy atom. The Morgan fingerprint density at radius 3 is 1.88 bits per heavy atom. The number of hydrogen-bond donors (Lipinski definition) is 1. The van der Waals surface area contributed by atoms with E-state index in [0.717, 1.165) is 6.07 Å². The summed E-state index contributed by atoms with van der Waals surface area (Å²) in [5.41, 5.74) is -5.61. The summed E-state index contributed by atoms with van der Waals surface area (Å²) >= 11 is 5.80. The van der Waals surface area contributed by atoms with Crippen LogP contribution in [0.25, 0.3) is 0 Å². The number of hydrogen-bond acceptors (Lipinski definition) is 3. The minimum Gasteiger partial charge on any atom is -0.459 e. The van der Waals surface area contributed by atoms with Crippen LogP contribution in [0.3, 0.4) is 0 Å². The van der Waals surface area contributed by atoms with E-state index in [0.29, 0.717) is 12.1 Å². The molecule has 0 aromatic heterocycles. The van der Waals surface area contributed by atoms with Crippen LogP contribution in [0.15, 0.2) is 18.2 Å². The lowest BCUT2D eigenvalue weighted by molar-refractivity contribution is -0.148. The van der Waals surface area contributed by atoms with Crippen LogP contribution in [0.2, 0.25) is 5.02 Å². The second kappa shape index (κ2) is 9.88. The van der Waals surface area contributed by atoms with E-state index in [1.54, 1.807) is 0 Å². The lowest BCUT2D eigenvalue weighted by Crippen LogP contribution is -2.36. The van der Waals surface area contributed by atoms with Crippen molar-refractivity contribution in [2.24, 2.45) is 5.92 Å². The fraction of sp³-hybridized carbons (Fsp3) is 0.350. The fourth-order valence-corrected chi connectivity index (χ4v) is 2.99. The zero-order valence-corrected chi connectivity index (χ0v) is 17.8. The average Bonchev–Trinajstić information content (AvgIpc) is 2.69. The van der Waals surface area contributed by atoms with Gasteiger partial charge in [0, 0.05) is 0 Å². The molecule has 34 heavy (non-hydrogen) atoms. The van der Waals surface area contributed by atoms with E-state index in [2.05, 4.69) is 10.1 Å². The van der Waals surface area contributed by atoms with Gasteiger partial charge in [-0.25, -0.2) is 22.4 Å². The van der Waals surface area contributed by atoms with Crippen molar-refractivity contribution in [2.75, 3.05) is 5.32 Å². The molecule has 0 unspecified atom stereocenters. The van der Waals surface area contributed by atoms with Crippen molar-refractivity contribution in [3.63, 3.8) is 0 Å². The largest absolute Gasteiger partial charge is 0.459 e. The molecule has 0 saturated heterocycles. The van der Waals surface area contributed by atoms with E-state index in [-0.39, 0.29) is 5.69 Å². The van der Waals surface area contributed by atoms with Crippen LogP contribution in [0.5, 0.6) is 0 Å². The number of nitrogens with one attached hydrogen (secondary N) is 1. The van der Waals surface area contributed by atoms with E-state index in [1.807, 2.05) is 0 Å². The Balaban J connectivity index is 2.27. The van der Waals surface area contributed by atoms with Crippen molar-refractivity contribution in [1.82, 2.24) is 0 Å². The van der Waals surface area contributed by atoms with Crippen molar-refractivity contribution < 1.29 is 53.4 Å². The molecular formula is C20H14ClF10NO2. The van der Waals surface area contributed by atoms with Gasteiger partial charge < -0.3 is 10.1 Å². The molecule has 0 spiro atoms. The molecule has 1 N–H and O–H groups in total. The summed E-state index contributed by atoms with van der Waals surface area (Å²) < 4.78 is 136. The number of esters is 1. The number of halogens is 11. The van der Waals surface area contributed by atoms with Gasteiger partial charge in [0.25, 0.3) is 0 Å². The minimum atomic E-state index is -5.74. The summed E-state index contributed by atoms with van der Waals surface area (Å²) in [6.07, 6.45) is -10.4. The highest BCUT2D eigenvalue weighted by Gasteiger charge is 2.42. The molecule has 2 aromatic rings. The molecule has 0 aliphatic heterocycles. The molecule has 0 amide bonds. The van der Waals surface area contributed by atoms with Gasteiger partial charge in [-0.2, -0.15) is 26.3 Å². The second-order valence-corrected chi connectivity index (χ2v) is 7.68. The Hall–Kier alpha value is -2.70. The molecule has 1 atom stereocenters. The van der Waals surface area contributed by atoms with E-state index in [1.165, 1.54) is 13.8 Å². The van der Waals surface area contributed by atoms with Gasteiger partial charge >= 0.3 is 18.3 Å². The van der Waals surface area contributed by atoms with E-state index >= 15 is 0 Å². The Labute approximate surface area is 190 Å². The maximum absolute atomic E-state index is 14.0. The van der Waals surface area contributed by atoms with Gasteiger partial charge in [-0.3, -0.25) is 0 Å². The highest BCUT2D eigenvalue weighted by Crippen LogP contribution is 2.37. The van der Waals surface area contributed by atoms with Gasteiger partial charge in [0.1, 0.15) is 18.2 Å². The quantitative estimate of drug-likeness (QED) is 0.248. The second-order valence-electron chi connectivity index (χ2n) is 7.27. The lowest BCUT2D eigenvalue weighted by atomic mass is 10.0. The molecule has 0 fully saturated rings. The van der Waals surface area contributed by atoms with Gasteiger partial charge in [-0.15, -0.1) is 0 Å². The zero-order valence-electron chi connectivity index (χ0n) is 17.1. The molecule has 0 heterocycles. The van der Waals surface area contributed by atoms with Crippen LogP contribution in [0.4, 0.5) is 49.6 Å². The van der Waals surface area contributed by atoms with E-state index in [4.69, 9.17) is 11.6 Å². The highest BCUT2D eigenvalue weighted by molar-refractivity contribution is 6.33.